The molecule has 1 fully saturated rings. The molecule has 31 heavy (non-hydrogen) atoms. The van der Waals surface area contributed by atoms with E-state index in [-0.39, 0.29) is 24.8 Å². The molecule has 1 aliphatic heterocycles. The van der Waals surface area contributed by atoms with E-state index in [1.54, 1.807) is 24.3 Å². The molecule has 1 saturated heterocycles. The SMILES string of the molecule is CC[C@@H](C(=O)NCCc1ccc(Cl)cc1)N1CCN(Cc2ccc(F)cc2)C(=O)C1=O. The summed E-state index contributed by atoms with van der Waals surface area (Å²) in [4.78, 5) is 40.8. The normalized spacial score (nSPS) is 15.2. The largest absolute Gasteiger partial charge is 0.354 e. The number of benzene rings is 2. The van der Waals surface area contributed by atoms with Crippen LogP contribution in [0, 0.1) is 5.82 Å². The summed E-state index contributed by atoms with van der Waals surface area (Å²) in [5.41, 5.74) is 1.78. The molecule has 0 saturated carbocycles. The average Bonchev–Trinajstić information content (AvgIpc) is 2.76. The van der Waals surface area contributed by atoms with Crippen molar-refractivity contribution >= 4 is 29.3 Å². The van der Waals surface area contributed by atoms with Crippen molar-refractivity contribution in [3.8, 4) is 0 Å². The number of carbonyl (C=O) groups is 3. The van der Waals surface area contributed by atoms with Gasteiger partial charge in [-0.05, 0) is 48.2 Å². The minimum absolute atomic E-state index is 0.225. The van der Waals surface area contributed by atoms with Gasteiger partial charge in [0.05, 0.1) is 0 Å². The van der Waals surface area contributed by atoms with E-state index in [9.17, 15) is 18.8 Å². The molecule has 0 unspecified atom stereocenters. The van der Waals surface area contributed by atoms with Gasteiger partial charge in [0.15, 0.2) is 0 Å². The minimum Gasteiger partial charge on any atom is -0.354 e. The van der Waals surface area contributed by atoms with Crippen molar-refractivity contribution in [1.29, 1.82) is 0 Å². The van der Waals surface area contributed by atoms with Crippen LogP contribution >= 0.6 is 11.6 Å². The summed E-state index contributed by atoms with van der Waals surface area (Å²) in [5.74, 6) is -1.97. The van der Waals surface area contributed by atoms with Gasteiger partial charge in [-0.1, -0.05) is 42.8 Å². The quantitative estimate of drug-likeness (QED) is 0.635. The molecule has 2 aromatic rings. The molecule has 1 atom stereocenters. The van der Waals surface area contributed by atoms with Crippen molar-refractivity contribution in [1.82, 2.24) is 15.1 Å². The molecule has 0 aliphatic carbocycles. The summed E-state index contributed by atoms with van der Waals surface area (Å²) >= 11 is 5.88. The van der Waals surface area contributed by atoms with Gasteiger partial charge in [-0.3, -0.25) is 14.4 Å². The van der Waals surface area contributed by atoms with Gasteiger partial charge in [-0.25, -0.2) is 4.39 Å². The highest BCUT2D eigenvalue weighted by molar-refractivity contribution is 6.35. The van der Waals surface area contributed by atoms with Gasteiger partial charge in [-0.15, -0.1) is 0 Å². The predicted molar refractivity (Wildman–Crippen MR) is 116 cm³/mol. The van der Waals surface area contributed by atoms with Crippen LogP contribution in [-0.2, 0) is 27.3 Å². The molecular weight excluding hydrogens is 421 g/mol. The fourth-order valence-electron chi connectivity index (χ4n) is 3.59. The second-order valence-electron chi connectivity index (χ2n) is 7.44. The molecule has 1 aliphatic rings. The van der Waals surface area contributed by atoms with E-state index in [1.165, 1.54) is 21.9 Å². The number of amides is 3. The first kappa shape index (κ1) is 22.7. The lowest BCUT2D eigenvalue weighted by Crippen LogP contribution is -2.60. The zero-order valence-corrected chi connectivity index (χ0v) is 18.1. The molecule has 3 rings (SSSR count). The van der Waals surface area contributed by atoms with Crippen LogP contribution in [0.4, 0.5) is 4.39 Å². The summed E-state index contributed by atoms with van der Waals surface area (Å²) in [7, 11) is 0. The molecule has 0 radical (unpaired) electrons. The number of nitrogens with zero attached hydrogens (tertiary/aromatic N) is 2. The van der Waals surface area contributed by atoms with Gasteiger partial charge < -0.3 is 15.1 Å². The second kappa shape index (κ2) is 10.4. The topological polar surface area (TPSA) is 69.7 Å². The molecule has 1 heterocycles. The Hall–Kier alpha value is -2.93. The summed E-state index contributed by atoms with van der Waals surface area (Å²) < 4.78 is 13.1. The van der Waals surface area contributed by atoms with Gasteiger partial charge in [-0.2, -0.15) is 0 Å². The molecule has 8 heteroatoms. The van der Waals surface area contributed by atoms with Crippen molar-refractivity contribution in [2.45, 2.75) is 32.4 Å². The molecule has 0 bridgehead atoms. The Kier molecular flexibility index (Phi) is 7.63. The molecular formula is C23H25ClFN3O3. The maximum Gasteiger partial charge on any atom is 0.312 e. The lowest BCUT2D eigenvalue weighted by atomic mass is 10.1. The Morgan fingerprint density at radius 1 is 1.03 bits per heavy atom. The molecule has 0 aromatic heterocycles. The van der Waals surface area contributed by atoms with Crippen LogP contribution in [0.2, 0.25) is 5.02 Å². The van der Waals surface area contributed by atoms with E-state index in [0.717, 1.165) is 11.1 Å². The van der Waals surface area contributed by atoms with Crippen molar-refractivity contribution < 1.29 is 18.8 Å². The number of halogens is 2. The summed E-state index contributed by atoms with van der Waals surface area (Å²) in [6.45, 7) is 3.05. The molecule has 3 amide bonds. The molecule has 164 valence electrons. The molecule has 6 nitrogen and oxygen atoms in total. The van der Waals surface area contributed by atoms with Crippen LogP contribution in [0.1, 0.15) is 24.5 Å². The number of rotatable bonds is 8. The highest BCUT2D eigenvalue weighted by atomic mass is 35.5. The molecule has 0 spiro atoms. The van der Waals surface area contributed by atoms with Crippen LogP contribution in [0.5, 0.6) is 0 Å². The zero-order chi connectivity index (χ0) is 22.4. The first-order chi connectivity index (χ1) is 14.9. The first-order valence-electron chi connectivity index (χ1n) is 10.3. The number of piperazine rings is 1. The zero-order valence-electron chi connectivity index (χ0n) is 17.3. The van der Waals surface area contributed by atoms with Gasteiger partial charge in [0, 0.05) is 31.2 Å². The fourth-order valence-corrected chi connectivity index (χ4v) is 3.72. The summed E-state index contributed by atoms with van der Waals surface area (Å²) in [6.07, 6.45) is 1.04. The van der Waals surface area contributed by atoms with Crippen LogP contribution in [0.25, 0.3) is 0 Å². The molecule has 2 aromatic carbocycles. The minimum atomic E-state index is -0.699. The third kappa shape index (κ3) is 5.82. The maximum absolute atomic E-state index is 13.1. The van der Waals surface area contributed by atoms with E-state index in [2.05, 4.69) is 5.32 Å². The lowest BCUT2D eigenvalue weighted by molar-refractivity contribution is -0.159. The third-order valence-electron chi connectivity index (χ3n) is 5.32. The van der Waals surface area contributed by atoms with Crippen molar-refractivity contribution in [2.24, 2.45) is 0 Å². The van der Waals surface area contributed by atoms with E-state index >= 15 is 0 Å². The van der Waals surface area contributed by atoms with E-state index in [4.69, 9.17) is 11.6 Å². The van der Waals surface area contributed by atoms with Crippen molar-refractivity contribution in [2.75, 3.05) is 19.6 Å². The Morgan fingerprint density at radius 2 is 1.68 bits per heavy atom. The van der Waals surface area contributed by atoms with Gasteiger partial charge >= 0.3 is 11.8 Å². The fraction of sp³-hybridized carbons (Fsp3) is 0.348. The van der Waals surface area contributed by atoms with Gasteiger partial charge in [0.2, 0.25) is 5.91 Å². The smallest absolute Gasteiger partial charge is 0.312 e. The highest BCUT2D eigenvalue weighted by Crippen LogP contribution is 2.16. The first-order valence-corrected chi connectivity index (χ1v) is 10.6. The van der Waals surface area contributed by atoms with E-state index in [0.29, 0.717) is 31.0 Å². The number of nitrogens with one attached hydrogen (secondary N) is 1. The standard InChI is InChI=1S/C23H25ClFN3O3/c1-2-20(21(29)26-12-11-16-3-7-18(24)8-4-16)28-14-13-27(22(30)23(28)31)15-17-5-9-19(25)10-6-17/h3-10,20H,2,11-15H2,1H3,(H,26,29)/t20-/m0/s1. The Balaban J connectivity index is 1.55. The second-order valence-corrected chi connectivity index (χ2v) is 7.88. The number of carbonyl (C=O) groups excluding carboxylic acids is 3. The summed E-state index contributed by atoms with van der Waals surface area (Å²) in [5, 5.41) is 3.51. The Bertz CT molecular complexity index is 934. The van der Waals surface area contributed by atoms with Crippen molar-refractivity contribution in [3.63, 3.8) is 0 Å². The van der Waals surface area contributed by atoms with Crippen LogP contribution in [0.3, 0.4) is 0 Å². The van der Waals surface area contributed by atoms with Crippen LogP contribution < -0.4 is 5.32 Å². The lowest BCUT2D eigenvalue weighted by Gasteiger charge is -2.37. The summed E-state index contributed by atoms with van der Waals surface area (Å²) in [6, 6.07) is 12.5. The molecule has 1 N–H and O–H groups in total. The predicted octanol–water partition coefficient (Wildman–Crippen LogP) is 2.79. The van der Waals surface area contributed by atoms with E-state index in [1.807, 2.05) is 19.1 Å². The van der Waals surface area contributed by atoms with Crippen LogP contribution in [-0.4, -0.2) is 53.2 Å². The average molecular weight is 446 g/mol. The Morgan fingerprint density at radius 3 is 2.32 bits per heavy atom. The monoisotopic (exact) mass is 445 g/mol. The van der Waals surface area contributed by atoms with Crippen LogP contribution in [0.15, 0.2) is 48.5 Å². The highest BCUT2D eigenvalue weighted by Gasteiger charge is 2.38. The van der Waals surface area contributed by atoms with Crippen molar-refractivity contribution in [3.05, 3.63) is 70.5 Å². The Labute approximate surface area is 186 Å². The number of hydrogen-bond acceptors (Lipinski definition) is 3. The third-order valence-corrected chi connectivity index (χ3v) is 5.57. The van der Waals surface area contributed by atoms with Gasteiger partial charge in [0.1, 0.15) is 11.9 Å². The van der Waals surface area contributed by atoms with E-state index < -0.39 is 17.9 Å². The maximum atomic E-state index is 13.1. The van der Waals surface area contributed by atoms with Gasteiger partial charge in [0.25, 0.3) is 0 Å². The number of hydrogen-bond donors (Lipinski definition) is 1.